The van der Waals surface area contributed by atoms with Crippen molar-refractivity contribution in [3.05, 3.63) is 65.2 Å². The molecule has 0 amide bonds. The molecule has 6 heteroatoms. The molecule has 1 saturated heterocycles. The van der Waals surface area contributed by atoms with Crippen LogP contribution in [0, 0.1) is 12.3 Å². The van der Waals surface area contributed by atoms with Crippen LogP contribution >= 0.6 is 0 Å². The smallest absolute Gasteiger partial charge is 0.309 e. The minimum absolute atomic E-state index is 0.185. The van der Waals surface area contributed by atoms with Gasteiger partial charge in [-0.05, 0) is 56.1 Å². The van der Waals surface area contributed by atoms with Crippen LogP contribution in [-0.4, -0.2) is 48.0 Å². The molecule has 2 aliphatic heterocycles. The molecule has 2 aromatic rings. The van der Waals surface area contributed by atoms with Gasteiger partial charge in [0.05, 0.1) is 18.2 Å². The number of carboxylic acid groups (broad SMARTS) is 1. The predicted molar refractivity (Wildman–Crippen MR) is 119 cm³/mol. The van der Waals surface area contributed by atoms with Gasteiger partial charge in [0.15, 0.2) is 0 Å². The van der Waals surface area contributed by atoms with Gasteiger partial charge in [0.2, 0.25) is 0 Å². The number of hydrogen-bond donors (Lipinski definition) is 1. The minimum atomic E-state index is -0.758. The number of aliphatic carboxylic acids is 1. The zero-order valence-corrected chi connectivity index (χ0v) is 18.2. The van der Waals surface area contributed by atoms with Gasteiger partial charge in [-0.25, -0.2) is 0 Å². The third kappa shape index (κ3) is 4.74. The number of carboxylic acids is 1. The summed E-state index contributed by atoms with van der Waals surface area (Å²) < 4.78 is 5.31. The van der Waals surface area contributed by atoms with Crippen LogP contribution in [0.15, 0.2) is 53.7 Å². The van der Waals surface area contributed by atoms with E-state index in [2.05, 4.69) is 29.1 Å². The number of methoxy groups -OCH3 is 1. The van der Waals surface area contributed by atoms with Crippen LogP contribution in [0.1, 0.15) is 42.4 Å². The third-order valence-corrected chi connectivity index (χ3v) is 6.61. The molecule has 0 bridgehead atoms. The standard InChI is InChI=1S/C25H30N2O4/c1-18-6-3-4-9-22(18)23-15-21(31-26-23)16-25(24(28)29)10-12-27(13-11-25)17-19-7-5-8-20(14-19)30-2/h3-9,14,21H,10-13,15-17H2,1-2H3,(H,28,29). The number of ether oxygens (including phenoxy) is 1. The van der Waals surface area contributed by atoms with Crippen LogP contribution in [0.25, 0.3) is 0 Å². The molecule has 2 heterocycles. The van der Waals surface area contributed by atoms with E-state index in [-0.39, 0.29) is 6.10 Å². The van der Waals surface area contributed by atoms with Gasteiger partial charge in [0.1, 0.15) is 11.9 Å². The van der Waals surface area contributed by atoms with Crippen LogP contribution in [0.3, 0.4) is 0 Å². The maximum absolute atomic E-state index is 12.3. The molecule has 1 atom stereocenters. The first-order valence-electron chi connectivity index (χ1n) is 10.9. The lowest BCUT2D eigenvalue weighted by molar-refractivity contribution is -0.155. The molecule has 164 valence electrons. The van der Waals surface area contributed by atoms with Gasteiger partial charge in [-0.1, -0.05) is 41.6 Å². The summed E-state index contributed by atoms with van der Waals surface area (Å²) in [5.41, 5.74) is 3.58. The topological polar surface area (TPSA) is 71.4 Å². The number of hydrogen-bond acceptors (Lipinski definition) is 5. The Labute approximate surface area is 183 Å². The maximum atomic E-state index is 12.3. The van der Waals surface area contributed by atoms with Gasteiger partial charge in [0.25, 0.3) is 0 Å². The molecule has 0 saturated carbocycles. The summed E-state index contributed by atoms with van der Waals surface area (Å²) in [6, 6.07) is 16.1. The second-order valence-corrected chi connectivity index (χ2v) is 8.70. The van der Waals surface area contributed by atoms with E-state index in [4.69, 9.17) is 9.57 Å². The fraction of sp³-hybridized carbons (Fsp3) is 0.440. The highest BCUT2D eigenvalue weighted by Crippen LogP contribution is 2.39. The zero-order chi connectivity index (χ0) is 21.8. The quantitative estimate of drug-likeness (QED) is 0.722. The van der Waals surface area contributed by atoms with Crippen molar-refractivity contribution in [2.45, 2.75) is 45.3 Å². The van der Waals surface area contributed by atoms with Crippen LogP contribution in [0.2, 0.25) is 0 Å². The minimum Gasteiger partial charge on any atom is -0.497 e. The highest BCUT2D eigenvalue weighted by atomic mass is 16.6. The van der Waals surface area contributed by atoms with E-state index in [1.165, 1.54) is 5.56 Å². The van der Waals surface area contributed by atoms with Gasteiger partial charge in [-0.2, -0.15) is 0 Å². The molecule has 0 radical (unpaired) electrons. The summed E-state index contributed by atoms with van der Waals surface area (Å²) in [7, 11) is 1.67. The Bertz CT molecular complexity index is 963. The largest absolute Gasteiger partial charge is 0.497 e. The molecule has 1 N–H and O–H groups in total. The molecule has 6 nitrogen and oxygen atoms in total. The van der Waals surface area contributed by atoms with Crippen molar-refractivity contribution in [2.24, 2.45) is 10.6 Å². The zero-order valence-electron chi connectivity index (χ0n) is 18.2. The maximum Gasteiger partial charge on any atom is 0.309 e. The number of likely N-dealkylation sites (tertiary alicyclic amines) is 1. The van der Waals surface area contributed by atoms with E-state index in [1.807, 2.05) is 36.4 Å². The van der Waals surface area contributed by atoms with E-state index in [0.717, 1.165) is 42.2 Å². The highest BCUT2D eigenvalue weighted by Gasteiger charge is 2.44. The Kier molecular flexibility index (Phi) is 6.28. The lowest BCUT2D eigenvalue weighted by Gasteiger charge is -2.39. The Balaban J connectivity index is 1.36. The monoisotopic (exact) mass is 422 g/mol. The Morgan fingerprint density at radius 2 is 2.00 bits per heavy atom. The van der Waals surface area contributed by atoms with Crippen molar-refractivity contribution in [3.63, 3.8) is 0 Å². The van der Waals surface area contributed by atoms with Crippen molar-refractivity contribution in [1.29, 1.82) is 0 Å². The van der Waals surface area contributed by atoms with E-state index < -0.39 is 11.4 Å². The molecule has 2 aromatic carbocycles. The summed E-state index contributed by atoms with van der Waals surface area (Å²) in [4.78, 5) is 20.3. The molecule has 1 fully saturated rings. The molecule has 0 aromatic heterocycles. The van der Waals surface area contributed by atoms with Gasteiger partial charge >= 0.3 is 5.97 Å². The van der Waals surface area contributed by atoms with Crippen LogP contribution < -0.4 is 4.74 Å². The van der Waals surface area contributed by atoms with Crippen LogP contribution in [0.5, 0.6) is 5.75 Å². The van der Waals surface area contributed by atoms with E-state index >= 15 is 0 Å². The van der Waals surface area contributed by atoms with Gasteiger partial charge < -0.3 is 14.7 Å². The fourth-order valence-corrected chi connectivity index (χ4v) is 4.70. The number of oxime groups is 1. The predicted octanol–water partition coefficient (Wildman–Crippen LogP) is 4.25. The molecular formula is C25H30N2O4. The number of benzene rings is 2. The molecule has 1 unspecified atom stereocenters. The highest BCUT2D eigenvalue weighted by molar-refractivity contribution is 6.02. The molecule has 0 spiro atoms. The summed E-state index contributed by atoms with van der Waals surface area (Å²) in [6.07, 6.45) is 2.20. The number of piperidine rings is 1. The van der Waals surface area contributed by atoms with Gasteiger partial charge in [-0.3, -0.25) is 9.69 Å². The number of carbonyl (C=O) groups is 1. The van der Waals surface area contributed by atoms with E-state index in [0.29, 0.717) is 25.7 Å². The molecule has 0 aliphatic carbocycles. The van der Waals surface area contributed by atoms with Gasteiger partial charge in [-0.15, -0.1) is 0 Å². The van der Waals surface area contributed by atoms with Crippen molar-refractivity contribution in [3.8, 4) is 5.75 Å². The first-order chi connectivity index (χ1) is 15.0. The van der Waals surface area contributed by atoms with Crippen LogP contribution in [-0.2, 0) is 16.2 Å². The Morgan fingerprint density at radius 3 is 2.71 bits per heavy atom. The number of rotatable bonds is 7. The summed E-state index contributed by atoms with van der Waals surface area (Å²) >= 11 is 0. The molecular weight excluding hydrogens is 392 g/mol. The molecule has 4 rings (SSSR count). The third-order valence-electron chi connectivity index (χ3n) is 6.61. The Morgan fingerprint density at radius 1 is 1.23 bits per heavy atom. The second kappa shape index (κ2) is 9.10. The Hall–Kier alpha value is -2.86. The average Bonchev–Trinajstić information content (AvgIpc) is 3.23. The van der Waals surface area contributed by atoms with Crippen molar-refractivity contribution >= 4 is 11.7 Å². The first-order valence-corrected chi connectivity index (χ1v) is 10.9. The summed E-state index contributed by atoms with van der Waals surface area (Å²) in [6.45, 7) is 4.36. The van der Waals surface area contributed by atoms with Gasteiger partial charge in [0, 0.05) is 24.9 Å². The number of nitrogens with zero attached hydrogens (tertiary/aromatic N) is 2. The fourth-order valence-electron chi connectivity index (χ4n) is 4.70. The lowest BCUT2D eigenvalue weighted by atomic mass is 9.73. The molecule has 31 heavy (non-hydrogen) atoms. The summed E-state index contributed by atoms with van der Waals surface area (Å²) in [5, 5.41) is 14.4. The van der Waals surface area contributed by atoms with Crippen LogP contribution in [0.4, 0.5) is 0 Å². The van der Waals surface area contributed by atoms with Crippen molar-refractivity contribution in [2.75, 3.05) is 20.2 Å². The average molecular weight is 423 g/mol. The number of aryl methyl sites for hydroxylation is 1. The molecule has 2 aliphatic rings. The van der Waals surface area contributed by atoms with Crippen molar-refractivity contribution < 1.29 is 19.5 Å². The van der Waals surface area contributed by atoms with E-state index in [9.17, 15) is 9.90 Å². The SMILES string of the molecule is COc1cccc(CN2CCC(CC3CC(c4ccccc4C)=NO3)(C(=O)O)CC2)c1. The van der Waals surface area contributed by atoms with E-state index in [1.54, 1.807) is 7.11 Å². The van der Waals surface area contributed by atoms with Crippen molar-refractivity contribution in [1.82, 2.24) is 4.90 Å². The second-order valence-electron chi connectivity index (χ2n) is 8.70. The summed E-state index contributed by atoms with van der Waals surface area (Å²) in [5.74, 6) is 0.124. The lowest BCUT2D eigenvalue weighted by Crippen LogP contribution is -2.45. The normalized spacial score (nSPS) is 20.7. The first kappa shape index (κ1) is 21.4.